The highest BCUT2D eigenvalue weighted by Gasteiger charge is 2.07. The summed E-state index contributed by atoms with van der Waals surface area (Å²) in [7, 11) is 1.79. The van der Waals surface area contributed by atoms with Crippen LogP contribution in [0, 0.1) is 0 Å². The highest BCUT2D eigenvalue weighted by atomic mass is 16.1. The summed E-state index contributed by atoms with van der Waals surface area (Å²) in [6.45, 7) is 6.03. The van der Waals surface area contributed by atoms with Gasteiger partial charge in [0.15, 0.2) is 5.65 Å². The fourth-order valence-electron chi connectivity index (χ4n) is 2.41. The Bertz CT molecular complexity index is 616. The van der Waals surface area contributed by atoms with Crippen molar-refractivity contribution in [2.75, 3.05) is 6.54 Å². The summed E-state index contributed by atoms with van der Waals surface area (Å²) in [6, 6.07) is 0.538. The van der Waals surface area contributed by atoms with Gasteiger partial charge in [0.05, 0.1) is 12.5 Å². The molecule has 0 fully saturated rings. The van der Waals surface area contributed by atoms with Crippen LogP contribution in [0.15, 0.2) is 17.3 Å². The fraction of sp³-hybridized carbons (Fsp3) is 0.643. The Kier molecular flexibility index (Phi) is 4.89. The van der Waals surface area contributed by atoms with Gasteiger partial charge >= 0.3 is 0 Å². The minimum atomic E-state index is 0.00262. The molecule has 0 aliphatic carbocycles. The van der Waals surface area contributed by atoms with E-state index < -0.39 is 0 Å². The minimum absolute atomic E-state index is 0.00262. The van der Waals surface area contributed by atoms with Crippen LogP contribution in [-0.2, 0) is 13.6 Å². The summed E-state index contributed by atoms with van der Waals surface area (Å²) >= 11 is 0. The number of aryl methyl sites for hydroxylation is 2. The van der Waals surface area contributed by atoms with Crippen LogP contribution in [0.5, 0.6) is 0 Å². The average Bonchev–Trinajstić information content (AvgIpc) is 2.80. The Hall–Kier alpha value is -1.69. The first-order valence-electron chi connectivity index (χ1n) is 7.24. The molecule has 2 heterocycles. The Morgan fingerprint density at radius 1 is 1.40 bits per heavy atom. The van der Waals surface area contributed by atoms with E-state index in [0.29, 0.717) is 17.1 Å². The maximum Gasteiger partial charge on any atom is 0.264 e. The number of rotatable bonds is 7. The van der Waals surface area contributed by atoms with Crippen molar-refractivity contribution in [1.82, 2.24) is 24.6 Å². The van der Waals surface area contributed by atoms with Gasteiger partial charge in [-0.3, -0.25) is 14.0 Å². The van der Waals surface area contributed by atoms with Gasteiger partial charge in [0.25, 0.3) is 5.56 Å². The molecule has 6 heteroatoms. The molecule has 0 bridgehead atoms. The molecule has 20 heavy (non-hydrogen) atoms. The SMILES string of the molecule is CCNC(C)CCCCn1cnc2c(cnn2C)c1=O. The summed E-state index contributed by atoms with van der Waals surface area (Å²) < 4.78 is 3.31. The van der Waals surface area contributed by atoms with Gasteiger partial charge in [0.1, 0.15) is 5.39 Å². The molecule has 0 saturated carbocycles. The molecule has 0 aromatic carbocycles. The zero-order valence-corrected chi connectivity index (χ0v) is 12.5. The van der Waals surface area contributed by atoms with Crippen LogP contribution in [0.25, 0.3) is 11.0 Å². The van der Waals surface area contributed by atoms with Crippen molar-refractivity contribution in [3.63, 3.8) is 0 Å². The van der Waals surface area contributed by atoms with Crippen molar-refractivity contribution in [2.24, 2.45) is 7.05 Å². The molecule has 0 aliphatic rings. The highest BCUT2D eigenvalue weighted by Crippen LogP contribution is 2.05. The van der Waals surface area contributed by atoms with E-state index in [1.807, 2.05) is 0 Å². The zero-order chi connectivity index (χ0) is 14.5. The van der Waals surface area contributed by atoms with Crippen LogP contribution < -0.4 is 10.9 Å². The van der Waals surface area contributed by atoms with E-state index in [1.54, 1.807) is 28.8 Å². The third kappa shape index (κ3) is 3.25. The van der Waals surface area contributed by atoms with Crippen LogP contribution in [0.3, 0.4) is 0 Å². The van der Waals surface area contributed by atoms with Gasteiger partial charge in [-0.05, 0) is 26.3 Å². The maximum absolute atomic E-state index is 12.2. The zero-order valence-electron chi connectivity index (χ0n) is 12.5. The molecular weight excluding hydrogens is 254 g/mol. The van der Waals surface area contributed by atoms with Crippen molar-refractivity contribution >= 4 is 11.0 Å². The first kappa shape index (κ1) is 14.7. The molecule has 1 N–H and O–H groups in total. The molecule has 0 amide bonds. The number of hydrogen-bond donors (Lipinski definition) is 1. The molecular formula is C14H23N5O. The molecule has 0 aliphatic heterocycles. The summed E-state index contributed by atoms with van der Waals surface area (Å²) in [5, 5.41) is 8.05. The second-order valence-electron chi connectivity index (χ2n) is 5.20. The van der Waals surface area contributed by atoms with Crippen molar-refractivity contribution < 1.29 is 0 Å². The lowest BCUT2D eigenvalue weighted by molar-refractivity contribution is 0.482. The van der Waals surface area contributed by atoms with Crippen molar-refractivity contribution in [3.05, 3.63) is 22.9 Å². The maximum atomic E-state index is 12.2. The number of hydrogen-bond acceptors (Lipinski definition) is 4. The minimum Gasteiger partial charge on any atom is -0.315 e. The number of nitrogens with one attached hydrogen (secondary N) is 1. The lowest BCUT2D eigenvalue weighted by Crippen LogP contribution is -2.25. The summed E-state index contributed by atoms with van der Waals surface area (Å²) in [5.74, 6) is 0. The fourth-order valence-corrected chi connectivity index (χ4v) is 2.41. The Balaban J connectivity index is 1.94. The van der Waals surface area contributed by atoms with Crippen LogP contribution in [-0.4, -0.2) is 31.9 Å². The summed E-state index contributed by atoms with van der Waals surface area (Å²) in [4.78, 5) is 16.5. The Morgan fingerprint density at radius 3 is 2.95 bits per heavy atom. The Morgan fingerprint density at radius 2 is 2.20 bits per heavy atom. The van der Waals surface area contributed by atoms with Crippen LogP contribution >= 0.6 is 0 Å². The van der Waals surface area contributed by atoms with Gasteiger partial charge in [-0.1, -0.05) is 13.3 Å². The predicted molar refractivity (Wildman–Crippen MR) is 79.8 cm³/mol. The normalized spacial score (nSPS) is 12.9. The third-order valence-electron chi connectivity index (χ3n) is 3.56. The second-order valence-corrected chi connectivity index (χ2v) is 5.20. The van der Waals surface area contributed by atoms with Gasteiger partial charge in [-0.25, -0.2) is 4.98 Å². The molecule has 0 radical (unpaired) electrons. The third-order valence-corrected chi connectivity index (χ3v) is 3.56. The van der Waals surface area contributed by atoms with Crippen LogP contribution in [0.4, 0.5) is 0 Å². The van der Waals surface area contributed by atoms with Crippen molar-refractivity contribution in [1.29, 1.82) is 0 Å². The monoisotopic (exact) mass is 277 g/mol. The number of nitrogens with zero attached hydrogens (tertiary/aromatic N) is 4. The molecule has 1 unspecified atom stereocenters. The van der Waals surface area contributed by atoms with E-state index in [4.69, 9.17) is 0 Å². The summed E-state index contributed by atoms with van der Waals surface area (Å²) in [6.07, 6.45) is 6.44. The number of unbranched alkanes of at least 4 members (excludes halogenated alkanes) is 1. The van der Waals surface area contributed by atoms with Gasteiger partial charge in [0.2, 0.25) is 0 Å². The van der Waals surface area contributed by atoms with Gasteiger partial charge in [-0.15, -0.1) is 0 Å². The molecule has 2 aromatic heterocycles. The summed E-state index contributed by atoms with van der Waals surface area (Å²) in [5.41, 5.74) is 0.648. The van der Waals surface area contributed by atoms with Gasteiger partial charge < -0.3 is 5.32 Å². The quantitative estimate of drug-likeness (QED) is 0.775. The first-order chi connectivity index (χ1) is 9.63. The van der Waals surface area contributed by atoms with Crippen molar-refractivity contribution in [2.45, 2.75) is 45.7 Å². The molecule has 110 valence electrons. The van der Waals surface area contributed by atoms with Crippen molar-refractivity contribution in [3.8, 4) is 0 Å². The molecule has 0 saturated heterocycles. The Labute approximate surface area is 118 Å². The second kappa shape index (κ2) is 6.65. The largest absolute Gasteiger partial charge is 0.315 e. The molecule has 2 rings (SSSR count). The predicted octanol–water partition coefficient (Wildman–Crippen LogP) is 1.30. The van der Waals surface area contributed by atoms with Crippen LogP contribution in [0.1, 0.15) is 33.1 Å². The topological polar surface area (TPSA) is 64.7 Å². The van der Waals surface area contributed by atoms with Gasteiger partial charge in [0, 0.05) is 19.6 Å². The highest BCUT2D eigenvalue weighted by molar-refractivity contribution is 5.72. The van der Waals surface area contributed by atoms with E-state index in [9.17, 15) is 4.79 Å². The van der Waals surface area contributed by atoms with Crippen LogP contribution in [0.2, 0.25) is 0 Å². The van der Waals surface area contributed by atoms with E-state index in [0.717, 1.165) is 32.4 Å². The average molecular weight is 277 g/mol. The molecule has 6 nitrogen and oxygen atoms in total. The molecule has 2 aromatic rings. The molecule has 0 spiro atoms. The number of fused-ring (bicyclic) bond motifs is 1. The first-order valence-corrected chi connectivity index (χ1v) is 7.24. The van der Waals surface area contributed by atoms with E-state index in [2.05, 4.69) is 29.2 Å². The van der Waals surface area contributed by atoms with E-state index in [-0.39, 0.29) is 5.56 Å². The molecule has 1 atom stereocenters. The number of aromatic nitrogens is 4. The van der Waals surface area contributed by atoms with E-state index >= 15 is 0 Å². The smallest absolute Gasteiger partial charge is 0.264 e. The lowest BCUT2D eigenvalue weighted by Gasteiger charge is -2.11. The standard InChI is InChI=1S/C14H23N5O/c1-4-15-11(2)7-5-6-8-19-10-16-13-12(14(19)20)9-17-18(13)3/h9-11,15H,4-8H2,1-3H3. The lowest BCUT2D eigenvalue weighted by atomic mass is 10.1. The van der Waals surface area contributed by atoms with E-state index in [1.165, 1.54) is 0 Å². The van der Waals surface area contributed by atoms with Gasteiger partial charge in [-0.2, -0.15) is 5.10 Å².